The Hall–Kier alpha value is -1.02. The van der Waals surface area contributed by atoms with E-state index < -0.39 is 0 Å². The first-order valence-electron chi connectivity index (χ1n) is 6.76. The van der Waals surface area contributed by atoms with Gasteiger partial charge in [-0.1, -0.05) is 32.0 Å². The molecule has 1 N–H and O–H groups in total. The second-order valence-electron chi connectivity index (χ2n) is 5.32. The molecule has 0 radical (unpaired) electrons. The molecule has 1 atom stereocenters. The van der Waals surface area contributed by atoms with Crippen molar-refractivity contribution in [2.75, 3.05) is 18.0 Å². The maximum atomic E-state index is 3.50. The number of fused-ring (bicyclic) bond motifs is 1. The molecule has 0 fully saturated rings. The van der Waals surface area contributed by atoms with Crippen molar-refractivity contribution in [2.45, 2.75) is 45.7 Å². The number of nitrogens with one attached hydrogen (secondary N) is 1. The van der Waals surface area contributed by atoms with Crippen LogP contribution >= 0.6 is 0 Å². The molecule has 94 valence electrons. The summed E-state index contributed by atoms with van der Waals surface area (Å²) in [5.74, 6) is 0. The zero-order valence-electron chi connectivity index (χ0n) is 11.2. The van der Waals surface area contributed by atoms with E-state index in [0.717, 1.165) is 13.1 Å². The Kier molecular flexibility index (Phi) is 4.06. The third-order valence-electron chi connectivity index (χ3n) is 3.57. The fourth-order valence-corrected chi connectivity index (χ4v) is 2.57. The molecule has 17 heavy (non-hydrogen) atoms. The number of anilines is 1. The van der Waals surface area contributed by atoms with Crippen LogP contribution in [0.3, 0.4) is 0 Å². The van der Waals surface area contributed by atoms with Crippen molar-refractivity contribution in [3.05, 3.63) is 29.8 Å². The lowest BCUT2D eigenvalue weighted by molar-refractivity contribution is 0.524. The topological polar surface area (TPSA) is 15.3 Å². The lowest BCUT2D eigenvalue weighted by atomic mass is 9.97. The third kappa shape index (κ3) is 3.01. The molecule has 2 nitrogen and oxygen atoms in total. The molecular formula is C15H24N2. The molecule has 0 spiro atoms. The highest BCUT2D eigenvalue weighted by Crippen LogP contribution is 2.29. The summed E-state index contributed by atoms with van der Waals surface area (Å²) in [6, 6.07) is 10.1. The van der Waals surface area contributed by atoms with Gasteiger partial charge < -0.3 is 10.2 Å². The predicted molar refractivity (Wildman–Crippen MR) is 74.7 cm³/mol. The summed E-state index contributed by atoms with van der Waals surface area (Å²) in [5.41, 5.74) is 2.95. The quantitative estimate of drug-likeness (QED) is 0.858. The van der Waals surface area contributed by atoms with E-state index in [9.17, 15) is 0 Å². The number of nitrogens with zero attached hydrogens (tertiary/aromatic N) is 1. The SMILES string of the molecule is CC(C)NCCN1c2ccccc2CCC1C. The smallest absolute Gasteiger partial charge is 0.0401 e. The van der Waals surface area contributed by atoms with Gasteiger partial charge in [-0.05, 0) is 31.4 Å². The van der Waals surface area contributed by atoms with Gasteiger partial charge in [0.05, 0.1) is 0 Å². The summed E-state index contributed by atoms with van der Waals surface area (Å²) in [4.78, 5) is 2.55. The van der Waals surface area contributed by atoms with Crippen molar-refractivity contribution < 1.29 is 0 Å². The molecule has 1 aromatic carbocycles. The monoisotopic (exact) mass is 232 g/mol. The normalized spacial score (nSPS) is 19.5. The predicted octanol–water partition coefficient (Wildman–Crippen LogP) is 2.83. The fourth-order valence-electron chi connectivity index (χ4n) is 2.57. The second kappa shape index (κ2) is 5.54. The largest absolute Gasteiger partial charge is 0.367 e. The van der Waals surface area contributed by atoms with Gasteiger partial charge in [0.1, 0.15) is 0 Å². The van der Waals surface area contributed by atoms with Crippen molar-refractivity contribution in [2.24, 2.45) is 0 Å². The molecule has 1 aliphatic rings. The highest BCUT2D eigenvalue weighted by molar-refractivity contribution is 5.56. The van der Waals surface area contributed by atoms with Gasteiger partial charge in [-0.2, -0.15) is 0 Å². The average Bonchev–Trinajstić information content (AvgIpc) is 2.32. The maximum Gasteiger partial charge on any atom is 0.0401 e. The highest BCUT2D eigenvalue weighted by Gasteiger charge is 2.21. The van der Waals surface area contributed by atoms with Crippen LogP contribution in [0.1, 0.15) is 32.8 Å². The summed E-state index contributed by atoms with van der Waals surface area (Å²) in [6.07, 6.45) is 2.50. The lowest BCUT2D eigenvalue weighted by Gasteiger charge is -2.37. The van der Waals surface area contributed by atoms with E-state index in [1.54, 1.807) is 0 Å². The zero-order chi connectivity index (χ0) is 12.3. The van der Waals surface area contributed by atoms with E-state index in [-0.39, 0.29) is 0 Å². The Morgan fingerprint density at radius 3 is 2.88 bits per heavy atom. The molecule has 0 amide bonds. The zero-order valence-corrected chi connectivity index (χ0v) is 11.2. The molecule has 1 aliphatic heterocycles. The van der Waals surface area contributed by atoms with Crippen LogP contribution in [0, 0.1) is 0 Å². The number of para-hydroxylation sites is 1. The molecule has 1 unspecified atom stereocenters. The van der Waals surface area contributed by atoms with Crippen LogP contribution in [0.15, 0.2) is 24.3 Å². The van der Waals surface area contributed by atoms with Gasteiger partial charge in [0.15, 0.2) is 0 Å². The van der Waals surface area contributed by atoms with Crippen LogP contribution in [0.25, 0.3) is 0 Å². The summed E-state index contributed by atoms with van der Waals surface area (Å²) < 4.78 is 0. The minimum atomic E-state index is 0.574. The van der Waals surface area contributed by atoms with E-state index >= 15 is 0 Å². The second-order valence-corrected chi connectivity index (χ2v) is 5.32. The molecule has 1 heterocycles. The Morgan fingerprint density at radius 1 is 1.35 bits per heavy atom. The van der Waals surface area contributed by atoms with Crippen LogP contribution in [0.5, 0.6) is 0 Å². The first-order valence-corrected chi connectivity index (χ1v) is 6.76. The van der Waals surface area contributed by atoms with E-state index in [2.05, 4.69) is 55.3 Å². The lowest BCUT2D eigenvalue weighted by Crippen LogP contribution is -2.42. The molecular weight excluding hydrogens is 208 g/mol. The van der Waals surface area contributed by atoms with E-state index in [1.165, 1.54) is 24.1 Å². The Morgan fingerprint density at radius 2 is 2.12 bits per heavy atom. The number of benzene rings is 1. The van der Waals surface area contributed by atoms with Gasteiger partial charge in [-0.3, -0.25) is 0 Å². The molecule has 2 rings (SSSR count). The summed E-state index contributed by atoms with van der Waals surface area (Å²) in [5, 5.41) is 3.50. The van der Waals surface area contributed by atoms with Crippen LogP contribution in [0.4, 0.5) is 5.69 Å². The van der Waals surface area contributed by atoms with Gasteiger partial charge in [-0.25, -0.2) is 0 Å². The van der Waals surface area contributed by atoms with E-state index in [4.69, 9.17) is 0 Å². The highest BCUT2D eigenvalue weighted by atomic mass is 15.2. The molecule has 2 heteroatoms. The third-order valence-corrected chi connectivity index (χ3v) is 3.57. The number of aryl methyl sites for hydroxylation is 1. The number of hydrogen-bond donors (Lipinski definition) is 1. The van der Waals surface area contributed by atoms with E-state index in [1.807, 2.05) is 0 Å². The van der Waals surface area contributed by atoms with Crippen molar-refractivity contribution in [3.63, 3.8) is 0 Å². The number of hydrogen-bond acceptors (Lipinski definition) is 2. The number of rotatable bonds is 4. The minimum Gasteiger partial charge on any atom is -0.367 e. The summed E-state index contributed by atoms with van der Waals surface area (Å²) >= 11 is 0. The van der Waals surface area contributed by atoms with Gasteiger partial charge in [0, 0.05) is 30.9 Å². The first-order chi connectivity index (χ1) is 8.18. The van der Waals surface area contributed by atoms with Crippen LogP contribution in [0.2, 0.25) is 0 Å². The minimum absolute atomic E-state index is 0.574. The standard InChI is InChI=1S/C15H24N2/c1-12(2)16-10-11-17-13(3)8-9-14-6-4-5-7-15(14)17/h4-7,12-13,16H,8-11H2,1-3H3. The maximum absolute atomic E-state index is 3.50. The van der Waals surface area contributed by atoms with Crippen LogP contribution < -0.4 is 10.2 Å². The molecule has 0 aromatic heterocycles. The summed E-state index contributed by atoms with van der Waals surface area (Å²) in [7, 11) is 0. The molecule has 0 saturated carbocycles. The van der Waals surface area contributed by atoms with Crippen LogP contribution in [-0.2, 0) is 6.42 Å². The first kappa shape index (κ1) is 12.4. The van der Waals surface area contributed by atoms with Crippen molar-refractivity contribution in [1.82, 2.24) is 5.32 Å². The Balaban J connectivity index is 2.05. The van der Waals surface area contributed by atoms with Crippen molar-refractivity contribution >= 4 is 5.69 Å². The van der Waals surface area contributed by atoms with Crippen molar-refractivity contribution in [1.29, 1.82) is 0 Å². The molecule has 0 bridgehead atoms. The van der Waals surface area contributed by atoms with Gasteiger partial charge in [-0.15, -0.1) is 0 Å². The summed E-state index contributed by atoms with van der Waals surface area (Å²) in [6.45, 7) is 8.92. The fraction of sp³-hybridized carbons (Fsp3) is 0.600. The molecule has 0 aliphatic carbocycles. The van der Waals surface area contributed by atoms with Gasteiger partial charge in [0.2, 0.25) is 0 Å². The van der Waals surface area contributed by atoms with Gasteiger partial charge >= 0.3 is 0 Å². The molecule has 0 saturated heterocycles. The van der Waals surface area contributed by atoms with Gasteiger partial charge in [0.25, 0.3) is 0 Å². The Bertz CT molecular complexity index is 360. The average molecular weight is 232 g/mol. The van der Waals surface area contributed by atoms with Crippen molar-refractivity contribution in [3.8, 4) is 0 Å². The molecule has 1 aromatic rings. The van der Waals surface area contributed by atoms with E-state index in [0.29, 0.717) is 12.1 Å². The van der Waals surface area contributed by atoms with Crippen LogP contribution in [-0.4, -0.2) is 25.2 Å². The Labute approximate surface area is 105 Å².